The van der Waals surface area contributed by atoms with Gasteiger partial charge in [-0.3, -0.25) is 0 Å². The Morgan fingerprint density at radius 1 is 1.05 bits per heavy atom. The molecule has 1 saturated carbocycles. The first-order valence-corrected chi connectivity index (χ1v) is 16.0. The van der Waals surface area contributed by atoms with E-state index < -0.39 is 5.82 Å². The van der Waals surface area contributed by atoms with Crippen LogP contribution in [0, 0.1) is 18.2 Å². The number of aromatic nitrogens is 2. The van der Waals surface area contributed by atoms with Crippen molar-refractivity contribution in [3.05, 3.63) is 52.8 Å². The fourth-order valence-corrected chi connectivity index (χ4v) is 7.74. The molecule has 2 N–H and O–H groups in total. The molecule has 43 heavy (non-hydrogen) atoms. The van der Waals surface area contributed by atoms with E-state index >= 15 is 4.39 Å². The quantitative estimate of drug-likeness (QED) is 0.252. The summed E-state index contributed by atoms with van der Waals surface area (Å²) in [7, 11) is 0. The standard InChI is InChI=1S/C34H37ClFN5O2/c1-20-28(35)9-4-21-14-24(42)15-27(29(20)21)25-7-8-26-31(30(25)36)38-33(39-32(26)41-16-22-5-6-23(17-41)37-22)43-19-34(10-11-34)18-40-12-2-3-13-40/h4,7-9,14-15,22-23,37,42H,2-3,5-6,10-13,16-19H2,1H3. The smallest absolute Gasteiger partial charge is 0.319 e. The van der Waals surface area contributed by atoms with Crippen molar-refractivity contribution in [3.63, 3.8) is 0 Å². The summed E-state index contributed by atoms with van der Waals surface area (Å²) in [5, 5.41) is 17.2. The molecule has 3 aliphatic heterocycles. The predicted octanol–water partition coefficient (Wildman–Crippen LogP) is 6.45. The summed E-state index contributed by atoms with van der Waals surface area (Å²) in [5.74, 6) is 0.349. The number of piperazine rings is 1. The van der Waals surface area contributed by atoms with Gasteiger partial charge in [-0.05, 0) is 105 Å². The topological polar surface area (TPSA) is 73.8 Å². The van der Waals surface area contributed by atoms with Crippen LogP contribution in [0.15, 0.2) is 36.4 Å². The Kier molecular flexibility index (Phi) is 6.65. The molecule has 4 fully saturated rings. The number of hydrogen-bond donors (Lipinski definition) is 2. The molecule has 9 heteroatoms. The lowest BCUT2D eigenvalue weighted by Crippen LogP contribution is -2.51. The molecule has 0 amide bonds. The maximum Gasteiger partial charge on any atom is 0.319 e. The number of halogens is 2. The van der Waals surface area contributed by atoms with Crippen molar-refractivity contribution in [3.8, 4) is 22.9 Å². The number of hydrogen-bond acceptors (Lipinski definition) is 7. The summed E-state index contributed by atoms with van der Waals surface area (Å²) >= 11 is 6.50. The minimum absolute atomic E-state index is 0.0696. The van der Waals surface area contributed by atoms with E-state index in [1.807, 2.05) is 19.1 Å². The van der Waals surface area contributed by atoms with Crippen LogP contribution < -0.4 is 15.0 Å². The van der Waals surface area contributed by atoms with E-state index in [4.69, 9.17) is 26.3 Å². The van der Waals surface area contributed by atoms with Crippen LogP contribution in [0.5, 0.6) is 11.8 Å². The van der Waals surface area contributed by atoms with Crippen LogP contribution in [0.4, 0.5) is 10.2 Å². The van der Waals surface area contributed by atoms with Gasteiger partial charge in [0.05, 0.1) is 6.61 Å². The van der Waals surface area contributed by atoms with Gasteiger partial charge in [0.2, 0.25) is 0 Å². The lowest BCUT2D eigenvalue weighted by atomic mass is 9.93. The zero-order valence-electron chi connectivity index (χ0n) is 24.5. The second-order valence-electron chi connectivity index (χ2n) is 13.2. The van der Waals surface area contributed by atoms with Crippen LogP contribution in [-0.4, -0.2) is 71.4 Å². The third-order valence-electron chi connectivity index (χ3n) is 10.1. The van der Waals surface area contributed by atoms with Crippen LogP contribution in [-0.2, 0) is 0 Å². The number of anilines is 1. The molecule has 7 nitrogen and oxygen atoms in total. The van der Waals surface area contributed by atoms with Crippen molar-refractivity contribution < 1.29 is 14.2 Å². The van der Waals surface area contributed by atoms with E-state index in [9.17, 15) is 5.11 Å². The maximum absolute atomic E-state index is 16.8. The Bertz CT molecular complexity index is 1730. The van der Waals surface area contributed by atoms with Gasteiger partial charge in [0.1, 0.15) is 17.1 Å². The first-order chi connectivity index (χ1) is 20.9. The van der Waals surface area contributed by atoms with Crippen molar-refractivity contribution in [2.75, 3.05) is 44.2 Å². The summed E-state index contributed by atoms with van der Waals surface area (Å²) < 4.78 is 23.2. The third kappa shape index (κ3) is 4.97. The van der Waals surface area contributed by atoms with Crippen LogP contribution in [0.2, 0.25) is 5.02 Å². The molecule has 2 unspecified atom stereocenters. The molecule has 0 radical (unpaired) electrons. The summed E-state index contributed by atoms with van der Waals surface area (Å²) in [6, 6.07) is 11.7. The fraction of sp³-hybridized carbons (Fsp3) is 0.471. The molecule has 4 aliphatic rings. The van der Waals surface area contributed by atoms with Gasteiger partial charge in [-0.1, -0.05) is 23.7 Å². The molecule has 1 aliphatic carbocycles. The molecular weight excluding hydrogens is 565 g/mol. The molecular formula is C34H37ClFN5O2. The molecule has 3 saturated heterocycles. The molecule has 8 rings (SSSR count). The van der Waals surface area contributed by atoms with Crippen LogP contribution in [0.3, 0.4) is 0 Å². The number of likely N-dealkylation sites (tertiary alicyclic amines) is 1. The number of phenolic OH excluding ortho intramolecular Hbond substituents is 1. The SMILES string of the molecule is Cc1c(Cl)ccc2cc(O)cc(-c3ccc4c(N5CC6CCC(C5)N6)nc(OCC5(CN6CCCC6)CC5)nc4c3F)c12. The van der Waals surface area contributed by atoms with Gasteiger partial charge in [-0.15, -0.1) is 0 Å². The Morgan fingerprint density at radius 2 is 1.81 bits per heavy atom. The zero-order valence-corrected chi connectivity index (χ0v) is 25.3. The highest BCUT2D eigenvalue weighted by Crippen LogP contribution is 2.47. The van der Waals surface area contributed by atoms with Crippen molar-refractivity contribution in [2.24, 2.45) is 5.41 Å². The normalized spacial score (nSPS) is 23.0. The second kappa shape index (κ2) is 10.5. The van der Waals surface area contributed by atoms with Crippen LogP contribution in [0.25, 0.3) is 32.8 Å². The van der Waals surface area contributed by atoms with Crippen molar-refractivity contribution in [2.45, 2.75) is 57.5 Å². The lowest BCUT2D eigenvalue weighted by Gasteiger charge is -2.34. The molecule has 1 aromatic heterocycles. The first kappa shape index (κ1) is 27.4. The van der Waals surface area contributed by atoms with E-state index in [2.05, 4.69) is 15.1 Å². The predicted molar refractivity (Wildman–Crippen MR) is 169 cm³/mol. The maximum atomic E-state index is 16.8. The number of nitrogens with zero attached hydrogens (tertiary/aromatic N) is 4. The van der Waals surface area contributed by atoms with Crippen molar-refractivity contribution in [1.82, 2.24) is 20.2 Å². The van der Waals surface area contributed by atoms with E-state index in [1.165, 1.54) is 12.8 Å². The van der Waals surface area contributed by atoms with Gasteiger partial charge < -0.3 is 25.0 Å². The summed E-state index contributed by atoms with van der Waals surface area (Å²) in [6.07, 6.45) is 7.08. The minimum atomic E-state index is -0.450. The zero-order chi connectivity index (χ0) is 29.3. The number of ether oxygens (including phenoxy) is 1. The minimum Gasteiger partial charge on any atom is -0.508 e. The molecule has 2 atom stereocenters. The highest BCUT2D eigenvalue weighted by molar-refractivity contribution is 6.32. The molecule has 3 aromatic carbocycles. The first-order valence-electron chi connectivity index (χ1n) is 15.6. The van der Waals surface area contributed by atoms with Gasteiger partial charge >= 0.3 is 6.01 Å². The van der Waals surface area contributed by atoms with E-state index in [-0.39, 0.29) is 22.7 Å². The van der Waals surface area contributed by atoms with Gasteiger partial charge in [0, 0.05) is 53.1 Å². The van der Waals surface area contributed by atoms with Gasteiger partial charge in [-0.2, -0.15) is 9.97 Å². The number of phenols is 1. The molecule has 4 aromatic rings. The average molecular weight is 602 g/mol. The second-order valence-corrected chi connectivity index (χ2v) is 13.6. The average Bonchev–Trinajstić information content (AvgIpc) is 3.40. The number of benzene rings is 3. The Morgan fingerprint density at radius 3 is 2.56 bits per heavy atom. The van der Waals surface area contributed by atoms with Crippen molar-refractivity contribution in [1.29, 1.82) is 0 Å². The number of aromatic hydroxyl groups is 1. The molecule has 4 heterocycles. The Hall–Kier alpha value is -3.20. The van der Waals surface area contributed by atoms with E-state index in [0.717, 1.165) is 80.6 Å². The van der Waals surface area contributed by atoms with Gasteiger partial charge in [0.15, 0.2) is 5.82 Å². The van der Waals surface area contributed by atoms with E-state index in [0.29, 0.717) is 40.2 Å². The molecule has 224 valence electrons. The third-order valence-corrected chi connectivity index (χ3v) is 10.5. The highest BCUT2D eigenvalue weighted by atomic mass is 35.5. The van der Waals surface area contributed by atoms with E-state index in [1.54, 1.807) is 24.3 Å². The molecule has 2 bridgehead atoms. The Labute approximate surface area is 256 Å². The lowest BCUT2D eigenvalue weighted by molar-refractivity contribution is 0.170. The summed E-state index contributed by atoms with van der Waals surface area (Å²) in [4.78, 5) is 14.5. The summed E-state index contributed by atoms with van der Waals surface area (Å²) in [5.41, 5.74) is 2.16. The van der Waals surface area contributed by atoms with Crippen molar-refractivity contribution >= 4 is 39.1 Å². The number of rotatable bonds is 7. The highest BCUT2D eigenvalue weighted by Gasteiger charge is 2.45. The van der Waals surface area contributed by atoms with Gasteiger partial charge in [-0.25, -0.2) is 4.39 Å². The largest absolute Gasteiger partial charge is 0.508 e. The van der Waals surface area contributed by atoms with Crippen LogP contribution in [0.1, 0.15) is 44.1 Å². The Balaban J connectivity index is 1.23. The number of aryl methyl sites for hydroxylation is 1. The van der Waals surface area contributed by atoms with Crippen LogP contribution >= 0.6 is 11.6 Å². The van der Waals surface area contributed by atoms with Gasteiger partial charge in [0.25, 0.3) is 0 Å². The monoisotopic (exact) mass is 601 g/mol. The number of fused-ring (bicyclic) bond motifs is 4. The fourth-order valence-electron chi connectivity index (χ4n) is 7.59. The summed E-state index contributed by atoms with van der Waals surface area (Å²) in [6.45, 7) is 7.46. The number of nitrogens with one attached hydrogen (secondary N) is 1. The molecule has 0 spiro atoms.